The third-order valence-electron chi connectivity index (χ3n) is 5.20. The van der Waals surface area contributed by atoms with Crippen LogP contribution in [-0.4, -0.2) is 40.4 Å². The van der Waals surface area contributed by atoms with E-state index in [0.29, 0.717) is 29.3 Å². The minimum absolute atomic E-state index is 0.0319. The summed E-state index contributed by atoms with van der Waals surface area (Å²) in [5.74, 6) is -0.287. The van der Waals surface area contributed by atoms with Crippen LogP contribution in [0.15, 0.2) is 42.5 Å². The number of aromatic hydroxyl groups is 1. The first-order valence-corrected chi connectivity index (χ1v) is 10.1. The van der Waals surface area contributed by atoms with Gasteiger partial charge in [0.2, 0.25) is 0 Å². The van der Waals surface area contributed by atoms with Crippen LogP contribution in [-0.2, 0) is 4.74 Å². The summed E-state index contributed by atoms with van der Waals surface area (Å²) in [7, 11) is 0. The number of benzene rings is 2. The predicted molar refractivity (Wildman–Crippen MR) is 114 cm³/mol. The Morgan fingerprint density at radius 2 is 1.90 bits per heavy atom. The lowest BCUT2D eigenvalue weighted by Crippen LogP contribution is -2.29. The molecule has 2 aromatic carbocycles. The highest BCUT2D eigenvalue weighted by Crippen LogP contribution is 2.44. The molecule has 8 nitrogen and oxygen atoms in total. The maximum absolute atomic E-state index is 13.3. The molecule has 1 atom stereocenters. The average Bonchev–Trinajstić information content (AvgIpc) is 3.28. The van der Waals surface area contributed by atoms with Crippen molar-refractivity contribution in [1.29, 1.82) is 0 Å². The highest BCUT2D eigenvalue weighted by atomic mass is 16.5. The molecular weight excluding hydrogens is 398 g/mol. The molecule has 160 valence electrons. The number of fused-ring (bicyclic) bond motifs is 1. The van der Waals surface area contributed by atoms with Crippen LogP contribution in [0.2, 0.25) is 0 Å². The summed E-state index contributed by atoms with van der Waals surface area (Å²) < 4.78 is 10.6. The van der Waals surface area contributed by atoms with Gasteiger partial charge in [0.1, 0.15) is 0 Å². The molecule has 1 aromatic heterocycles. The van der Waals surface area contributed by atoms with Crippen LogP contribution in [0.4, 0.5) is 5.69 Å². The van der Waals surface area contributed by atoms with E-state index in [-0.39, 0.29) is 18.3 Å². The third-order valence-corrected chi connectivity index (χ3v) is 5.20. The van der Waals surface area contributed by atoms with Crippen molar-refractivity contribution >= 4 is 17.6 Å². The molecule has 1 aliphatic rings. The molecule has 0 radical (unpaired) electrons. The molecule has 8 heteroatoms. The number of amides is 1. The van der Waals surface area contributed by atoms with E-state index in [2.05, 4.69) is 10.2 Å². The molecule has 0 fully saturated rings. The molecule has 0 bridgehead atoms. The Kier molecular flexibility index (Phi) is 5.37. The van der Waals surface area contributed by atoms with Crippen LogP contribution < -0.4 is 9.64 Å². The average molecular weight is 421 g/mol. The first kappa shape index (κ1) is 20.5. The number of aryl methyl sites for hydroxylation is 1. The number of hydrogen-bond donors (Lipinski definition) is 2. The Morgan fingerprint density at radius 1 is 1.16 bits per heavy atom. The molecule has 0 saturated carbocycles. The van der Waals surface area contributed by atoms with E-state index in [0.717, 1.165) is 16.8 Å². The van der Waals surface area contributed by atoms with Gasteiger partial charge in [0.25, 0.3) is 5.91 Å². The lowest BCUT2D eigenvalue weighted by atomic mass is 9.98. The zero-order chi connectivity index (χ0) is 22.1. The molecule has 0 aliphatic carbocycles. The molecular formula is C23H23N3O5. The summed E-state index contributed by atoms with van der Waals surface area (Å²) >= 11 is 0. The van der Waals surface area contributed by atoms with Gasteiger partial charge in [-0.15, -0.1) is 0 Å². The van der Waals surface area contributed by atoms with E-state index in [9.17, 15) is 14.7 Å². The Hall–Kier alpha value is -3.81. The lowest BCUT2D eigenvalue weighted by molar-refractivity contribution is 0.0526. The number of anilines is 1. The Bertz CT molecular complexity index is 1140. The summed E-state index contributed by atoms with van der Waals surface area (Å²) in [4.78, 5) is 26.9. The summed E-state index contributed by atoms with van der Waals surface area (Å²) in [5, 5.41) is 17.2. The minimum atomic E-state index is -0.463. The van der Waals surface area contributed by atoms with E-state index in [1.54, 1.807) is 54.3 Å². The molecule has 4 rings (SSSR count). The molecule has 0 spiro atoms. The van der Waals surface area contributed by atoms with Crippen molar-refractivity contribution in [3.63, 3.8) is 0 Å². The number of nitrogens with one attached hydrogen (secondary N) is 1. The number of carbonyl (C=O) groups excluding carboxylic acids is 2. The molecule has 3 aromatic rings. The highest BCUT2D eigenvalue weighted by molar-refractivity contribution is 6.10. The third kappa shape index (κ3) is 3.50. The Morgan fingerprint density at radius 3 is 2.58 bits per heavy atom. The molecule has 1 aliphatic heterocycles. The number of esters is 1. The zero-order valence-electron chi connectivity index (χ0n) is 17.5. The largest absolute Gasteiger partial charge is 0.504 e. The van der Waals surface area contributed by atoms with Gasteiger partial charge in [-0.1, -0.05) is 6.07 Å². The normalized spacial score (nSPS) is 15.1. The van der Waals surface area contributed by atoms with E-state index in [1.807, 2.05) is 13.8 Å². The molecule has 2 heterocycles. The molecule has 1 amide bonds. The van der Waals surface area contributed by atoms with Gasteiger partial charge in [-0.3, -0.25) is 14.8 Å². The van der Waals surface area contributed by atoms with Crippen LogP contribution in [0.1, 0.15) is 57.6 Å². The number of nitrogens with zero attached hydrogens (tertiary/aromatic N) is 2. The number of aromatic nitrogens is 2. The summed E-state index contributed by atoms with van der Waals surface area (Å²) in [6.07, 6.45) is 0. The van der Waals surface area contributed by atoms with Crippen molar-refractivity contribution in [3.05, 3.63) is 70.5 Å². The number of phenols is 1. The number of phenolic OH excluding ortho intramolecular Hbond substituents is 1. The maximum Gasteiger partial charge on any atom is 0.338 e. The number of H-pyrrole nitrogens is 1. The Balaban J connectivity index is 1.79. The number of hydrogen-bond acceptors (Lipinski definition) is 6. The lowest BCUT2D eigenvalue weighted by Gasteiger charge is -2.27. The minimum Gasteiger partial charge on any atom is -0.504 e. The fourth-order valence-electron chi connectivity index (χ4n) is 3.82. The van der Waals surface area contributed by atoms with Crippen molar-refractivity contribution < 1.29 is 24.2 Å². The van der Waals surface area contributed by atoms with E-state index in [4.69, 9.17) is 9.47 Å². The van der Waals surface area contributed by atoms with Gasteiger partial charge in [0, 0.05) is 16.9 Å². The second-order valence-electron chi connectivity index (χ2n) is 7.12. The van der Waals surface area contributed by atoms with E-state index < -0.39 is 12.0 Å². The van der Waals surface area contributed by atoms with Gasteiger partial charge in [-0.25, -0.2) is 4.79 Å². The van der Waals surface area contributed by atoms with Gasteiger partial charge in [-0.2, -0.15) is 5.10 Å². The molecule has 2 N–H and O–H groups in total. The fraction of sp³-hybridized carbons (Fsp3) is 0.261. The second-order valence-corrected chi connectivity index (χ2v) is 7.12. The van der Waals surface area contributed by atoms with Crippen LogP contribution >= 0.6 is 0 Å². The van der Waals surface area contributed by atoms with Crippen LogP contribution in [0.3, 0.4) is 0 Å². The summed E-state index contributed by atoms with van der Waals surface area (Å²) in [6, 6.07) is 11.3. The number of ether oxygens (including phenoxy) is 2. The smallest absolute Gasteiger partial charge is 0.338 e. The number of rotatable bonds is 6. The van der Waals surface area contributed by atoms with Crippen molar-refractivity contribution in [3.8, 4) is 11.5 Å². The highest BCUT2D eigenvalue weighted by Gasteiger charge is 2.42. The quantitative estimate of drug-likeness (QED) is 0.588. The van der Waals surface area contributed by atoms with Crippen molar-refractivity contribution in [2.24, 2.45) is 0 Å². The van der Waals surface area contributed by atoms with Gasteiger partial charge in [0.05, 0.1) is 24.8 Å². The second kappa shape index (κ2) is 8.14. The fourth-order valence-corrected chi connectivity index (χ4v) is 3.82. The number of aromatic amines is 1. The topological polar surface area (TPSA) is 105 Å². The predicted octanol–water partition coefficient (Wildman–Crippen LogP) is 3.75. The van der Waals surface area contributed by atoms with Gasteiger partial charge in [-0.05, 0) is 62.7 Å². The maximum atomic E-state index is 13.3. The van der Waals surface area contributed by atoms with Crippen LogP contribution in [0.5, 0.6) is 11.5 Å². The van der Waals surface area contributed by atoms with Crippen LogP contribution in [0, 0.1) is 6.92 Å². The van der Waals surface area contributed by atoms with E-state index in [1.165, 1.54) is 0 Å². The standard InChI is InChI=1S/C23H23N3O5/c1-4-30-18-12-15(8-11-17(18)27)21-19-13(3)24-25-20(19)22(28)26(21)16-9-6-14(7-10-16)23(29)31-5-2/h6-12,21,27H,4-5H2,1-3H3,(H,24,25)/t21-/m1/s1. The number of carbonyl (C=O) groups is 2. The van der Waals surface area contributed by atoms with Gasteiger partial charge < -0.3 is 14.6 Å². The molecule has 0 unspecified atom stereocenters. The van der Waals surface area contributed by atoms with Crippen molar-refractivity contribution in [2.45, 2.75) is 26.8 Å². The molecule has 0 saturated heterocycles. The van der Waals surface area contributed by atoms with Crippen molar-refractivity contribution in [2.75, 3.05) is 18.1 Å². The van der Waals surface area contributed by atoms with Gasteiger partial charge >= 0.3 is 5.97 Å². The van der Waals surface area contributed by atoms with Crippen LogP contribution in [0.25, 0.3) is 0 Å². The van der Waals surface area contributed by atoms with Gasteiger partial charge in [0.15, 0.2) is 17.2 Å². The molecule has 31 heavy (non-hydrogen) atoms. The summed E-state index contributed by atoms with van der Waals surface area (Å²) in [6.45, 7) is 6.13. The Labute approximate surface area is 179 Å². The summed E-state index contributed by atoms with van der Waals surface area (Å²) in [5.41, 5.74) is 3.70. The van der Waals surface area contributed by atoms with E-state index >= 15 is 0 Å². The zero-order valence-corrected chi connectivity index (χ0v) is 17.5. The first-order valence-electron chi connectivity index (χ1n) is 10.1. The first-order chi connectivity index (χ1) is 15.0. The monoisotopic (exact) mass is 421 g/mol. The van der Waals surface area contributed by atoms with Crippen molar-refractivity contribution in [1.82, 2.24) is 10.2 Å². The SMILES string of the molecule is CCOC(=O)c1ccc(N2C(=O)c3n[nH]c(C)c3[C@H]2c2ccc(O)c(OCC)c2)cc1.